The first-order valence-electron chi connectivity index (χ1n) is 7.37. The zero-order valence-corrected chi connectivity index (χ0v) is 13.6. The number of likely N-dealkylation sites (N-methyl/N-ethyl adjacent to an activating group) is 2. The zero-order valence-electron chi connectivity index (χ0n) is 13.6. The number of hydrogen-bond donors (Lipinski definition) is 1. The van der Waals surface area contributed by atoms with E-state index in [-0.39, 0.29) is 36.8 Å². The summed E-state index contributed by atoms with van der Waals surface area (Å²) in [7, 11) is 1.72. The molecule has 1 N–H and O–H groups in total. The predicted octanol–water partition coefficient (Wildman–Crippen LogP) is 1.63. The van der Waals surface area contributed by atoms with Crippen molar-refractivity contribution < 1.29 is 14.0 Å². The Labute approximate surface area is 131 Å². The standard InChI is InChI=1S/C16H24FN3O2/c1-5-20(14-8-6-13(17)7-9-14)16(22)11-19(4)10-15(21)18-12(2)3/h6-9,12H,5,10-11H2,1-4H3,(H,18,21). The van der Waals surface area contributed by atoms with E-state index in [0.29, 0.717) is 12.2 Å². The molecule has 0 spiro atoms. The molecule has 0 saturated carbocycles. The van der Waals surface area contributed by atoms with Crippen molar-refractivity contribution in [2.45, 2.75) is 26.8 Å². The molecule has 6 heteroatoms. The van der Waals surface area contributed by atoms with E-state index in [2.05, 4.69) is 5.32 Å². The van der Waals surface area contributed by atoms with Gasteiger partial charge in [0.25, 0.3) is 0 Å². The zero-order chi connectivity index (χ0) is 16.7. The maximum atomic E-state index is 13.0. The minimum atomic E-state index is -0.338. The lowest BCUT2D eigenvalue weighted by Crippen LogP contribution is -2.44. The molecule has 0 aliphatic carbocycles. The number of nitrogens with one attached hydrogen (secondary N) is 1. The van der Waals surface area contributed by atoms with Crippen molar-refractivity contribution in [2.24, 2.45) is 0 Å². The Morgan fingerprint density at radius 3 is 2.27 bits per heavy atom. The molecule has 0 saturated heterocycles. The highest BCUT2D eigenvalue weighted by molar-refractivity contribution is 5.95. The molecule has 0 unspecified atom stereocenters. The number of nitrogens with zero attached hydrogens (tertiary/aromatic N) is 2. The van der Waals surface area contributed by atoms with Crippen LogP contribution < -0.4 is 10.2 Å². The summed E-state index contributed by atoms with van der Waals surface area (Å²) in [5, 5.41) is 2.78. The molecular weight excluding hydrogens is 285 g/mol. The summed E-state index contributed by atoms with van der Waals surface area (Å²) >= 11 is 0. The van der Waals surface area contributed by atoms with E-state index in [4.69, 9.17) is 0 Å². The molecular formula is C16H24FN3O2. The van der Waals surface area contributed by atoms with Crippen molar-refractivity contribution in [1.82, 2.24) is 10.2 Å². The Balaban J connectivity index is 2.61. The number of carbonyl (C=O) groups is 2. The third kappa shape index (κ3) is 5.81. The summed E-state index contributed by atoms with van der Waals surface area (Å²) in [6.45, 7) is 6.39. The van der Waals surface area contributed by atoms with E-state index >= 15 is 0 Å². The van der Waals surface area contributed by atoms with E-state index in [0.717, 1.165) is 0 Å². The van der Waals surface area contributed by atoms with Gasteiger partial charge in [-0.25, -0.2) is 4.39 Å². The van der Waals surface area contributed by atoms with Crippen LogP contribution in [0, 0.1) is 5.82 Å². The summed E-state index contributed by atoms with van der Waals surface area (Å²) in [6.07, 6.45) is 0. The normalized spacial score (nSPS) is 10.9. The van der Waals surface area contributed by atoms with Gasteiger partial charge in [-0.1, -0.05) is 0 Å². The lowest BCUT2D eigenvalue weighted by Gasteiger charge is -2.24. The van der Waals surface area contributed by atoms with Crippen LogP contribution in [0.1, 0.15) is 20.8 Å². The molecule has 2 amide bonds. The minimum Gasteiger partial charge on any atom is -0.353 e. The lowest BCUT2D eigenvalue weighted by molar-refractivity contribution is -0.123. The smallest absolute Gasteiger partial charge is 0.241 e. The number of benzene rings is 1. The van der Waals surface area contributed by atoms with Crippen molar-refractivity contribution in [3.8, 4) is 0 Å². The monoisotopic (exact) mass is 309 g/mol. The van der Waals surface area contributed by atoms with Crippen LogP contribution in [0.15, 0.2) is 24.3 Å². The van der Waals surface area contributed by atoms with Crippen molar-refractivity contribution >= 4 is 17.5 Å². The summed E-state index contributed by atoms with van der Waals surface area (Å²) in [5.41, 5.74) is 0.647. The molecule has 0 aliphatic heterocycles. The van der Waals surface area contributed by atoms with Gasteiger partial charge in [-0.2, -0.15) is 0 Å². The van der Waals surface area contributed by atoms with Gasteiger partial charge >= 0.3 is 0 Å². The van der Waals surface area contributed by atoms with Gasteiger partial charge in [-0.15, -0.1) is 0 Å². The molecule has 0 radical (unpaired) electrons. The van der Waals surface area contributed by atoms with Gasteiger partial charge in [0.2, 0.25) is 11.8 Å². The van der Waals surface area contributed by atoms with Gasteiger partial charge in [-0.3, -0.25) is 14.5 Å². The largest absolute Gasteiger partial charge is 0.353 e. The van der Waals surface area contributed by atoms with Gasteiger partial charge in [0.1, 0.15) is 5.82 Å². The molecule has 0 aromatic heterocycles. The van der Waals surface area contributed by atoms with Crippen molar-refractivity contribution in [2.75, 3.05) is 31.6 Å². The number of anilines is 1. The maximum Gasteiger partial charge on any atom is 0.241 e. The summed E-state index contributed by atoms with van der Waals surface area (Å²) in [5.74, 6) is -0.584. The van der Waals surface area contributed by atoms with Crippen molar-refractivity contribution in [3.05, 3.63) is 30.1 Å². The number of halogens is 1. The van der Waals surface area contributed by atoms with Crippen LogP contribution in [-0.4, -0.2) is 49.4 Å². The highest BCUT2D eigenvalue weighted by Crippen LogP contribution is 2.15. The topological polar surface area (TPSA) is 52.7 Å². The second-order valence-electron chi connectivity index (χ2n) is 5.51. The molecule has 0 fully saturated rings. The van der Waals surface area contributed by atoms with Gasteiger partial charge in [0.15, 0.2) is 0 Å². The van der Waals surface area contributed by atoms with Crippen molar-refractivity contribution in [1.29, 1.82) is 0 Å². The summed E-state index contributed by atoms with van der Waals surface area (Å²) < 4.78 is 13.0. The average molecular weight is 309 g/mol. The van der Waals surface area contributed by atoms with Crippen LogP contribution in [0.4, 0.5) is 10.1 Å². The molecule has 0 aliphatic rings. The van der Waals surface area contributed by atoms with Crippen LogP contribution in [0.25, 0.3) is 0 Å². The summed E-state index contributed by atoms with van der Waals surface area (Å²) in [6, 6.07) is 5.86. The lowest BCUT2D eigenvalue weighted by atomic mass is 10.2. The molecule has 5 nitrogen and oxygen atoms in total. The SMILES string of the molecule is CCN(C(=O)CN(C)CC(=O)NC(C)C)c1ccc(F)cc1. The van der Waals surface area contributed by atoms with E-state index < -0.39 is 0 Å². The first-order chi connectivity index (χ1) is 10.3. The number of hydrogen-bond acceptors (Lipinski definition) is 3. The fraction of sp³-hybridized carbons (Fsp3) is 0.500. The van der Waals surface area contributed by atoms with Gasteiger partial charge in [-0.05, 0) is 52.1 Å². The quantitative estimate of drug-likeness (QED) is 0.833. The van der Waals surface area contributed by atoms with Crippen LogP contribution in [0.3, 0.4) is 0 Å². The molecule has 1 aromatic rings. The third-order valence-corrected chi connectivity index (χ3v) is 3.02. The molecule has 1 aromatic carbocycles. The number of rotatable bonds is 7. The van der Waals surface area contributed by atoms with Crippen LogP contribution in [-0.2, 0) is 9.59 Å². The Hall–Kier alpha value is -1.95. The van der Waals surface area contributed by atoms with Crippen molar-refractivity contribution in [3.63, 3.8) is 0 Å². The van der Waals surface area contributed by atoms with E-state index in [9.17, 15) is 14.0 Å². The molecule has 1 rings (SSSR count). The van der Waals surface area contributed by atoms with E-state index in [1.54, 1.807) is 29.0 Å². The number of amides is 2. The second kappa shape index (κ2) is 8.48. The molecule has 22 heavy (non-hydrogen) atoms. The molecule has 0 bridgehead atoms. The predicted molar refractivity (Wildman–Crippen MR) is 85.2 cm³/mol. The molecule has 0 heterocycles. The number of carbonyl (C=O) groups excluding carboxylic acids is 2. The molecule has 0 atom stereocenters. The van der Waals surface area contributed by atoms with E-state index in [1.807, 2.05) is 20.8 Å². The van der Waals surface area contributed by atoms with Gasteiger partial charge in [0, 0.05) is 18.3 Å². The Morgan fingerprint density at radius 2 is 1.77 bits per heavy atom. The minimum absolute atomic E-state index is 0.0722. The van der Waals surface area contributed by atoms with Gasteiger partial charge < -0.3 is 10.2 Å². The van der Waals surface area contributed by atoms with Crippen LogP contribution in [0.2, 0.25) is 0 Å². The van der Waals surface area contributed by atoms with E-state index in [1.165, 1.54) is 12.1 Å². The third-order valence-electron chi connectivity index (χ3n) is 3.02. The Kier molecular flexibility index (Phi) is 6.98. The first-order valence-corrected chi connectivity index (χ1v) is 7.37. The Morgan fingerprint density at radius 1 is 1.18 bits per heavy atom. The molecule has 122 valence electrons. The average Bonchev–Trinajstić information content (AvgIpc) is 2.40. The van der Waals surface area contributed by atoms with Crippen LogP contribution in [0.5, 0.6) is 0 Å². The maximum absolute atomic E-state index is 13.0. The Bertz CT molecular complexity index is 503. The van der Waals surface area contributed by atoms with Gasteiger partial charge in [0.05, 0.1) is 13.1 Å². The fourth-order valence-electron chi connectivity index (χ4n) is 2.11. The second-order valence-corrected chi connectivity index (χ2v) is 5.51. The highest BCUT2D eigenvalue weighted by Gasteiger charge is 2.17. The summed E-state index contributed by atoms with van der Waals surface area (Å²) in [4.78, 5) is 27.2. The fourth-order valence-corrected chi connectivity index (χ4v) is 2.11. The van der Waals surface area contributed by atoms with Crippen LogP contribution >= 0.6 is 0 Å². The highest BCUT2D eigenvalue weighted by atomic mass is 19.1. The first kappa shape index (κ1) is 18.1.